The maximum atomic E-state index is 13.5. The third-order valence-corrected chi connectivity index (χ3v) is 4.60. The van der Waals surface area contributed by atoms with E-state index in [1.54, 1.807) is 34.9 Å². The normalized spacial score (nSPS) is 12.8. The predicted molar refractivity (Wildman–Crippen MR) is 101 cm³/mol. The van der Waals surface area contributed by atoms with E-state index in [0.717, 1.165) is 29.1 Å². The smallest absolute Gasteiger partial charge is 0.327 e. The van der Waals surface area contributed by atoms with Gasteiger partial charge in [-0.3, -0.25) is 10.2 Å². The van der Waals surface area contributed by atoms with Crippen LogP contribution in [0.2, 0.25) is 0 Å². The molecule has 2 heterocycles. The van der Waals surface area contributed by atoms with Gasteiger partial charge in [-0.05, 0) is 55.3 Å². The number of methoxy groups -OCH3 is 1. The van der Waals surface area contributed by atoms with Crippen LogP contribution < -0.4 is 15.0 Å². The Morgan fingerprint density at radius 3 is 2.85 bits per heavy atom. The first-order valence-electron chi connectivity index (χ1n) is 8.63. The second-order valence-electron chi connectivity index (χ2n) is 6.39. The summed E-state index contributed by atoms with van der Waals surface area (Å²) in [5, 5.41) is 7.22. The average Bonchev–Trinajstić information content (AvgIpc) is 3.24. The van der Waals surface area contributed by atoms with Crippen molar-refractivity contribution in [2.24, 2.45) is 0 Å². The van der Waals surface area contributed by atoms with Gasteiger partial charge < -0.3 is 4.74 Å². The minimum atomic E-state index is -0.336. The SMILES string of the molecule is COc1ccc2c(c1)CCN2C(=O)Nc1cc(C)n(-c2cccc(F)c2)n1. The van der Waals surface area contributed by atoms with E-state index in [-0.39, 0.29) is 11.8 Å². The van der Waals surface area contributed by atoms with Crippen LogP contribution in [0.3, 0.4) is 0 Å². The molecule has 1 aliphatic rings. The fraction of sp³-hybridized carbons (Fsp3) is 0.200. The first kappa shape index (κ1) is 17.1. The Hall–Kier alpha value is -3.35. The van der Waals surface area contributed by atoms with Crippen molar-refractivity contribution in [3.8, 4) is 11.4 Å². The second-order valence-corrected chi connectivity index (χ2v) is 6.39. The molecule has 4 rings (SSSR count). The van der Waals surface area contributed by atoms with Crippen LogP contribution in [0.5, 0.6) is 5.75 Å². The van der Waals surface area contributed by atoms with Crippen LogP contribution >= 0.6 is 0 Å². The molecule has 2 amide bonds. The Morgan fingerprint density at radius 1 is 1.22 bits per heavy atom. The number of aryl methyl sites for hydroxylation is 1. The molecule has 6 nitrogen and oxygen atoms in total. The van der Waals surface area contributed by atoms with Gasteiger partial charge in [0, 0.05) is 24.0 Å². The van der Waals surface area contributed by atoms with Crippen molar-refractivity contribution in [3.05, 3.63) is 65.6 Å². The van der Waals surface area contributed by atoms with Crippen molar-refractivity contribution < 1.29 is 13.9 Å². The zero-order valence-corrected chi connectivity index (χ0v) is 15.1. The fourth-order valence-electron chi connectivity index (χ4n) is 3.30. The quantitative estimate of drug-likeness (QED) is 0.764. The zero-order chi connectivity index (χ0) is 19.0. The standard InChI is InChI=1S/C20H19FN4O2/c1-13-10-19(23-25(13)16-5-3-4-15(21)12-16)22-20(26)24-9-8-14-11-17(27-2)6-7-18(14)24/h3-7,10-12H,8-9H2,1-2H3,(H,22,23,26). The first-order valence-corrected chi connectivity index (χ1v) is 8.63. The fourth-order valence-corrected chi connectivity index (χ4v) is 3.30. The number of halogens is 1. The largest absolute Gasteiger partial charge is 0.497 e. The van der Waals surface area contributed by atoms with Gasteiger partial charge in [-0.15, -0.1) is 5.10 Å². The van der Waals surface area contributed by atoms with E-state index in [1.165, 1.54) is 12.1 Å². The number of hydrogen-bond acceptors (Lipinski definition) is 3. The van der Waals surface area contributed by atoms with Crippen molar-refractivity contribution in [3.63, 3.8) is 0 Å². The number of carbonyl (C=O) groups excluding carboxylic acids is 1. The Labute approximate surface area is 156 Å². The maximum absolute atomic E-state index is 13.5. The summed E-state index contributed by atoms with van der Waals surface area (Å²) in [7, 11) is 1.62. The van der Waals surface area contributed by atoms with Gasteiger partial charge in [-0.2, -0.15) is 0 Å². The van der Waals surface area contributed by atoms with Gasteiger partial charge in [0.2, 0.25) is 0 Å². The molecule has 0 saturated carbocycles. The molecule has 0 atom stereocenters. The van der Waals surface area contributed by atoms with Crippen LogP contribution in [-0.2, 0) is 6.42 Å². The van der Waals surface area contributed by atoms with Crippen LogP contribution in [0, 0.1) is 12.7 Å². The number of rotatable bonds is 3. The van der Waals surface area contributed by atoms with E-state index in [1.807, 2.05) is 25.1 Å². The lowest BCUT2D eigenvalue weighted by atomic mass is 10.1. The van der Waals surface area contributed by atoms with Crippen LogP contribution in [-0.4, -0.2) is 29.5 Å². The summed E-state index contributed by atoms with van der Waals surface area (Å²) in [5.41, 5.74) is 3.34. The van der Waals surface area contributed by atoms with Crippen LogP contribution in [0.1, 0.15) is 11.3 Å². The number of urea groups is 1. The molecule has 0 radical (unpaired) electrons. The summed E-state index contributed by atoms with van der Waals surface area (Å²) in [6, 6.07) is 13.4. The van der Waals surface area contributed by atoms with Crippen molar-refractivity contribution in [2.75, 3.05) is 23.9 Å². The Kier molecular flexibility index (Phi) is 4.27. The number of benzene rings is 2. The molecular weight excluding hydrogens is 347 g/mol. The molecule has 7 heteroatoms. The zero-order valence-electron chi connectivity index (χ0n) is 15.1. The molecule has 0 aliphatic carbocycles. The lowest BCUT2D eigenvalue weighted by molar-refractivity contribution is 0.257. The minimum absolute atomic E-state index is 0.247. The number of fused-ring (bicyclic) bond motifs is 1. The number of anilines is 2. The summed E-state index contributed by atoms with van der Waals surface area (Å²) in [5.74, 6) is 0.862. The van der Waals surface area contributed by atoms with Crippen molar-refractivity contribution in [1.82, 2.24) is 9.78 Å². The van der Waals surface area contributed by atoms with Crippen LogP contribution in [0.15, 0.2) is 48.5 Å². The van der Waals surface area contributed by atoms with Gasteiger partial charge in [-0.1, -0.05) is 6.07 Å². The van der Waals surface area contributed by atoms with Gasteiger partial charge in [0.25, 0.3) is 0 Å². The van der Waals surface area contributed by atoms with Crippen molar-refractivity contribution in [2.45, 2.75) is 13.3 Å². The summed E-state index contributed by atoms with van der Waals surface area (Å²) in [4.78, 5) is 14.4. The first-order chi connectivity index (χ1) is 13.0. The number of nitrogens with zero attached hydrogens (tertiary/aromatic N) is 3. The molecule has 27 heavy (non-hydrogen) atoms. The molecule has 138 valence electrons. The monoisotopic (exact) mass is 366 g/mol. The highest BCUT2D eigenvalue weighted by Gasteiger charge is 2.25. The second kappa shape index (κ2) is 6.75. The molecule has 3 aromatic rings. The molecule has 0 saturated heterocycles. The van der Waals surface area contributed by atoms with Gasteiger partial charge in [0.15, 0.2) is 5.82 Å². The molecular formula is C20H19FN4O2. The highest BCUT2D eigenvalue weighted by molar-refractivity contribution is 6.02. The predicted octanol–water partition coefficient (Wildman–Crippen LogP) is 3.92. The number of amides is 2. The van der Waals surface area contributed by atoms with E-state index in [0.29, 0.717) is 18.1 Å². The molecule has 1 aliphatic heterocycles. The Bertz CT molecular complexity index is 1010. The molecule has 1 N–H and O–H groups in total. The summed E-state index contributed by atoms with van der Waals surface area (Å²) < 4.78 is 20.3. The molecule has 1 aromatic heterocycles. The van der Waals surface area contributed by atoms with Crippen LogP contribution in [0.25, 0.3) is 5.69 Å². The van der Waals surface area contributed by atoms with Crippen molar-refractivity contribution >= 4 is 17.5 Å². The van der Waals surface area contributed by atoms with E-state index < -0.39 is 0 Å². The number of nitrogens with one attached hydrogen (secondary N) is 1. The Morgan fingerprint density at radius 2 is 2.07 bits per heavy atom. The number of carbonyl (C=O) groups is 1. The van der Waals surface area contributed by atoms with Crippen molar-refractivity contribution in [1.29, 1.82) is 0 Å². The average molecular weight is 366 g/mol. The van der Waals surface area contributed by atoms with Gasteiger partial charge >= 0.3 is 6.03 Å². The third-order valence-electron chi connectivity index (χ3n) is 4.60. The van der Waals surface area contributed by atoms with E-state index in [4.69, 9.17) is 4.74 Å². The number of aromatic nitrogens is 2. The van der Waals surface area contributed by atoms with Gasteiger partial charge in [-0.25, -0.2) is 13.9 Å². The molecule has 0 spiro atoms. The topological polar surface area (TPSA) is 59.4 Å². The minimum Gasteiger partial charge on any atom is -0.497 e. The summed E-state index contributed by atoms with van der Waals surface area (Å²) in [6.07, 6.45) is 0.775. The Balaban J connectivity index is 1.54. The van der Waals surface area contributed by atoms with Gasteiger partial charge in [0.05, 0.1) is 12.8 Å². The molecule has 0 bridgehead atoms. The number of hydrogen-bond donors (Lipinski definition) is 1. The summed E-state index contributed by atoms with van der Waals surface area (Å²) in [6.45, 7) is 2.45. The van der Waals surface area contributed by atoms with Gasteiger partial charge in [0.1, 0.15) is 11.6 Å². The highest BCUT2D eigenvalue weighted by atomic mass is 19.1. The highest BCUT2D eigenvalue weighted by Crippen LogP contribution is 2.31. The maximum Gasteiger partial charge on any atom is 0.327 e. The number of ether oxygens (including phenoxy) is 1. The lowest BCUT2D eigenvalue weighted by Crippen LogP contribution is -2.33. The molecule has 2 aromatic carbocycles. The van der Waals surface area contributed by atoms with E-state index >= 15 is 0 Å². The van der Waals surface area contributed by atoms with E-state index in [2.05, 4.69) is 10.4 Å². The van der Waals surface area contributed by atoms with E-state index in [9.17, 15) is 9.18 Å². The summed E-state index contributed by atoms with van der Waals surface area (Å²) >= 11 is 0. The third kappa shape index (κ3) is 3.23. The lowest BCUT2D eigenvalue weighted by Gasteiger charge is -2.17. The molecule has 0 fully saturated rings. The molecule has 0 unspecified atom stereocenters. The van der Waals surface area contributed by atoms with Crippen LogP contribution in [0.4, 0.5) is 20.7 Å².